The number of nitrogens with zero attached hydrogens (tertiary/aromatic N) is 2. The molecule has 1 aromatic carbocycles. The lowest BCUT2D eigenvalue weighted by atomic mass is 9.96. The Bertz CT molecular complexity index is 936. The van der Waals surface area contributed by atoms with Crippen LogP contribution in [0.3, 0.4) is 0 Å². The zero-order chi connectivity index (χ0) is 20.6. The lowest BCUT2D eigenvalue weighted by Gasteiger charge is -2.44. The number of furan rings is 1. The summed E-state index contributed by atoms with van der Waals surface area (Å²) < 4.78 is 24.3. The molecule has 8 nitrogen and oxygen atoms in total. The molecule has 9 heteroatoms. The van der Waals surface area contributed by atoms with Crippen LogP contribution in [0.15, 0.2) is 47.1 Å². The molecule has 0 N–H and O–H groups in total. The third-order valence-electron chi connectivity index (χ3n) is 5.39. The molecular formula is C20H18FN2O6-. The van der Waals surface area contributed by atoms with Crippen molar-refractivity contribution in [2.45, 2.75) is 24.6 Å². The second-order valence-electron chi connectivity index (χ2n) is 7.05. The van der Waals surface area contributed by atoms with Crippen LogP contribution in [0.2, 0.25) is 0 Å². The van der Waals surface area contributed by atoms with E-state index in [0.29, 0.717) is 0 Å². The summed E-state index contributed by atoms with van der Waals surface area (Å²) in [6.45, 7) is 0.237. The molecule has 2 fully saturated rings. The number of benzene rings is 1. The van der Waals surface area contributed by atoms with Crippen molar-refractivity contribution < 1.29 is 33.0 Å². The van der Waals surface area contributed by atoms with Gasteiger partial charge in [-0.1, -0.05) is 6.07 Å². The van der Waals surface area contributed by atoms with Crippen LogP contribution in [-0.4, -0.2) is 59.0 Å². The van der Waals surface area contributed by atoms with Crippen LogP contribution in [0.4, 0.5) is 4.39 Å². The zero-order valence-electron chi connectivity index (χ0n) is 15.4. The van der Waals surface area contributed by atoms with E-state index in [9.17, 15) is 23.9 Å². The molecule has 4 rings (SSSR count). The standard InChI is InChI=1S/C20H19FN2O6/c21-14-4-1-3-13(11-14)17(24)22-8-6-20(7-9-22)23(15(12-29-20)19(26)27)18(25)16-5-2-10-28-16/h1-5,10-11,15H,6-9,12H2,(H,26,27)/p-1/t15-/m1/s1. The molecule has 1 atom stereocenters. The van der Waals surface area contributed by atoms with Crippen molar-refractivity contribution >= 4 is 17.8 Å². The van der Waals surface area contributed by atoms with Crippen molar-refractivity contribution in [2.75, 3.05) is 19.7 Å². The van der Waals surface area contributed by atoms with Crippen molar-refractivity contribution in [1.82, 2.24) is 9.80 Å². The van der Waals surface area contributed by atoms with Gasteiger partial charge in [0.25, 0.3) is 11.8 Å². The number of likely N-dealkylation sites (tertiary alicyclic amines) is 1. The van der Waals surface area contributed by atoms with Crippen molar-refractivity contribution in [2.24, 2.45) is 0 Å². The van der Waals surface area contributed by atoms with Gasteiger partial charge >= 0.3 is 0 Å². The minimum Gasteiger partial charge on any atom is -0.548 e. The summed E-state index contributed by atoms with van der Waals surface area (Å²) in [5.41, 5.74) is -0.947. The summed E-state index contributed by atoms with van der Waals surface area (Å²) in [5.74, 6) is -2.86. The molecule has 29 heavy (non-hydrogen) atoms. The maximum atomic E-state index is 13.4. The molecule has 2 amide bonds. The lowest BCUT2D eigenvalue weighted by molar-refractivity contribution is -0.310. The highest BCUT2D eigenvalue weighted by Gasteiger charge is 2.53. The molecule has 0 unspecified atom stereocenters. The number of carbonyl (C=O) groups excluding carboxylic acids is 3. The molecule has 2 aliphatic rings. The van der Waals surface area contributed by atoms with Crippen LogP contribution in [0, 0.1) is 5.82 Å². The van der Waals surface area contributed by atoms with E-state index in [2.05, 4.69) is 0 Å². The van der Waals surface area contributed by atoms with Gasteiger partial charge in [0.15, 0.2) is 5.76 Å². The molecule has 1 spiro atoms. The first kappa shape index (κ1) is 19.1. The fraction of sp³-hybridized carbons (Fsp3) is 0.350. The molecule has 2 aliphatic heterocycles. The number of aliphatic carboxylic acids is 1. The number of rotatable bonds is 3. The lowest BCUT2D eigenvalue weighted by Crippen LogP contribution is -2.60. The summed E-state index contributed by atoms with van der Waals surface area (Å²) in [5, 5.41) is 11.6. The Morgan fingerprint density at radius 2 is 1.86 bits per heavy atom. The van der Waals surface area contributed by atoms with Crippen LogP contribution in [0.1, 0.15) is 33.8 Å². The Labute approximate surface area is 165 Å². The highest BCUT2D eigenvalue weighted by Crippen LogP contribution is 2.38. The van der Waals surface area contributed by atoms with E-state index in [0.717, 1.165) is 11.0 Å². The number of ether oxygens (including phenoxy) is 1. The number of hydrogen-bond acceptors (Lipinski definition) is 6. The van der Waals surface area contributed by atoms with Crippen molar-refractivity contribution in [1.29, 1.82) is 0 Å². The monoisotopic (exact) mass is 401 g/mol. The van der Waals surface area contributed by atoms with Crippen molar-refractivity contribution in [3.05, 3.63) is 59.8 Å². The number of halogens is 1. The van der Waals surface area contributed by atoms with Crippen molar-refractivity contribution in [3.63, 3.8) is 0 Å². The van der Waals surface area contributed by atoms with E-state index in [1.54, 1.807) is 0 Å². The first-order valence-corrected chi connectivity index (χ1v) is 9.18. The molecular weight excluding hydrogens is 383 g/mol. The fourth-order valence-electron chi connectivity index (χ4n) is 3.93. The second kappa shape index (κ2) is 7.32. The van der Waals surface area contributed by atoms with Crippen molar-refractivity contribution in [3.8, 4) is 0 Å². The normalized spacial score (nSPS) is 20.8. The summed E-state index contributed by atoms with van der Waals surface area (Å²) in [6.07, 6.45) is 1.75. The quantitative estimate of drug-likeness (QED) is 0.748. The van der Waals surface area contributed by atoms with Gasteiger partial charge < -0.3 is 24.0 Å². The maximum absolute atomic E-state index is 13.4. The highest BCUT2D eigenvalue weighted by atomic mass is 19.1. The summed E-state index contributed by atoms with van der Waals surface area (Å²) in [6, 6.07) is 7.14. The molecule has 2 aromatic rings. The average molecular weight is 401 g/mol. The van der Waals surface area contributed by atoms with Gasteiger partial charge in [-0.25, -0.2) is 4.39 Å². The number of hydrogen-bond donors (Lipinski definition) is 0. The van der Waals surface area contributed by atoms with Gasteiger partial charge in [-0.2, -0.15) is 0 Å². The topological polar surface area (TPSA) is 103 Å². The van der Waals surface area contributed by atoms with Gasteiger partial charge in [0.2, 0.25) is 0 Å². The van der Waals surface area contributed by atoms with Gasteiger partial charge in [0, 0.05) is 31.5 Å². The first-order valence-electron chi connectivity index (χ1n) is 9.18. The van der Waals surface area contributed by atoms with Gasteiger partial charge in [0.1, 0.15) is 11.5 Å². The van der Waals surface area contributed by atoms with Crippen LogP contribution < -0.4 is 5.11 Å². The van der Waals surface area contributed by atoms with Crippen LogP contribution in [-0.2, 0) is 9.53 Å². The Balaban J connectivity index is 1.54. The molecule has 2 saturated heterocycles. The van der Waals surface area contributed by atoms with Crippen LogP contribution in [0.25, 0.3) is 0 Å². The fourth-order valence-corrected chi connectivity index (χ4v) is 3.93. The van der Waals surface area contributed by atoms with E-state index in [4.69, 9.17) is 9.15 Å². The molecule has 3 heterocycles. The predicted molar refractivity (Wildman–Crippen MR) is 93.9 cm³/mol. The molecule has 0 aliphatic carbocycles. The van der Waals surface area contributed by atoms with Gasteiger partial charge in [-0.15, -0.1) is 0 Å². The van der Waals surface area contributed by atoms with Gasteiger partial charge in [-0.05, 0) is 30.3 Å². The molecule has 0 bridgehead atoms. The minimum atomic E-state index is -1.42. The number of amides is 2. The highest BCUT2D eigenvalue weighted by molar-refractivity contribution is 5.95. The Morgan fingerprint density at radius 3 is 2.48 bits per heavy atom. The summed E-state index contributed by atoms with van der Waals surface area (Å²) in [4.78, 5) is 39.8. The average Bonchev–Trinajstić information content (AvgIpc) is 3.36. The summed E-state index contributed by atoms with van der Waals surface area (Å²) >= 11 is 0. The molecule has 152 valence electrons. The van der Waals surface area contributed by atoms with Gasteiger partial charge in [0.05, 0.1) is 24.9 Å². The van der Waals surface area contributed by atoms with E-state index in [1.165, 1.54) is 41.5 Å². The van der Waals surface area contributed by atoms with Crippen LogP contribution >= 0.6 is 0 Å². The Morgan fingerprint density at radius 1 is 1.10 bits per heavy atom. The first-order chi connectivity index (χ1) is 13.9. The maximum Gasteiger partial charge on any atom is 0.292 e. The van der Waals surface area contributed by atoms with E-state index >= 15 is 0 Å². The molecule has 1 aromatic heterocycles. The smallest absolute Gasteiger partial charge is 0.292 e. The predicted octanol–water partition coefficient (Wildman–Crippen LogP) is 0.642. The molecule has 0 radical (unpaired) electrons. The number of carboxylic acid groups (broad SMARTS) is 1. The minimum absolute atomic E-state index is 0.000563. The number of carboxylic acids is 1. The summed E-state index contributed by atoms with van der Waals surface area (Å²) in [7, 11) is 0. The van der Waals surface area contributed by atoms with E-state index in [1.807, 2.05) is 0 Å². The van der Waals surface area contributed by atoms with E-state index < -0.39 is 29.5 Å². The Hall–Kier alpha value is -3.20. The molecule has 0 saturated carbocycles. The Kier molecular flexibility index (Phi) is 4.83. The van der Waals surface area contributed by atoms with Crippen LogP contribution in [0.5, 0.6) is 0 Å². The largest absolute Gasteiger partial charge is 0.548 e. The number of carbonyl (C=O) groups is 3. The number of piperidine rings is 1. The second-order valence-corrected chi connectivity index (χ2v) is 7.05. The van der Waals surface area contributed by atoms with Gasteiger partial charge in [-0.3, -0.25) is 14.5 Å². The SMILES string of the molecule is O=C([O-])[C@H]1COC2(CCN(C(=O)c3cccc(F)c3)CC2)N1C(=O)c1ccco1. The van der Waals surface area contributed by atoms with E-state index in [-0.39, 0.29) is 49.8 Å². The third kappa shape index (κ3) is 3.38. The third-order valence-corrected chi connectivity index (χ3v) is 5.39. The zero-order valence-corrected chi connectivity index (χ0v) is 15.4.